The molecular weight excluding hydrogens is 356 g/mol. The van der Waals surface area contributed by atoms with Crippen LogP contribution in [0.4, 0.5) is 5.69 Å². The average Bonchev–Trinajstić information content (AvgIpc) is 3.13. The minimum absolute atomic E-state index is 0.00928. The Bertz CT molecular complexity index is 894. The van der Waals surface area contributed by atoms with Crippen molar-refractivity contribution in [2.75, 3.05) is 7.05 Å². The number of nitrogens with zero attached hydrogens (tertiary/aromatic N) is 3. The molecule has 0 saturated heterocycles. The van der Waals surface area contributed by atoms with Crippen LogP contribution in [0.15, 0.2) is 52.9 Å². The summed E-state index contributed by atoms with van der Waals surface area (Å²) >= 11 is 5.92. The third-order valence-corrected chi connectivity index (χ3v) is 4.52. The zero-order valence-corrected chi connectivity index (χ0v) is 15.1. The standard InChI is InChI=1S/C18H17ClN4O3/c1-12(22(2)11-13-3-7-15(19)8-4-13)17-20-21-18(26-17)14-5-9-16(10-6-14)23(24)25/h3-10,12H,11H2,1-2H3/p+1/t12-/m1/s1. The van der Waals surface area contributed by atoms with Gasteiger partial charge in [0.1, 0.15) is 6.54 Å². The van der Waals surface area contributed by atoms with Gasteiger partial charge in [0.2, 0.25) is 5.89 Å². The second-order valence-corrected chi connectivity index (χ2v) is 6.56. The summed E-state index contributed by atoms with van der Waals surface area (Å²) in [6.45, 7) is 2.80. The summed E-state index contributed by atoms with van der Waals surface area (Å²) in [5.41, 5.74) is 1.83. The summed E-state index contributed by atoms with van der Waals surface area (Å²) in [4.78, 5) is 11.5. The number of rotatable bonds is 6. The van der Waals surface area contributed by atoms with Crippen LogP contribution in [-0.4, -0.2) is 22.2 Å². The van der Waals surface area contributed by atoms with Gasteiger partial charge < -0.3 is 9.32 Å². The third-order valence-electron chi connectivity index (χ3n) is 4.27. The fourth-order valence-corrected chi connectivity index (χ4v) is 2.67. The van der Waals surface area contributed by atoms with Gasteiger partial charge >= 0.3 is 0 Å². The first kappa shape index (κ1) is 18.0. The lowest BCUT2D eigenvalue weighted by Crippen LogP contribution is -3.07. The molecule has 0 saturated carbocycles. The Morgan fingerprint density at radius 1 is 1.15 bits per heavy atom. The largest absolute Gasteiger partial charge is 0.415 e. The third kappa shape index (κ3) is 4.07. The van der Waals surface area contributed by atoms with Gasteiger partial charge in [-0.1, -0.05) is 23.7 Å². The average molecular weight is 374 g/mol. The first-order valence-corrected chi connectivity index (χ1v) is 8.47. The van der Waals surface area contributed by atoms with E-state index in [0.29, 0.717) is 22.4 Å². The molecule has 7 nitrogen and oxygen atoms in total. The number of halogens is 1. The van der Waals surface area contributed by atoms with E-state index in [2.05, 4.69) is 17.2 Å². The molecular formula is C18H18ClN4O3+. The summed E-state index contributed by atoms with van der Waals surface area (Å²) in [5.74, 6) is 0.867. The van der Waals surface area contributed by atoms with E-state index in [4.69, 9.17) is 16.0 Å². The molecule has 8 heteroatoms. The van der Waals surface area contributed by atoms with Crippen LogP contribution in [0.25, 0.3) is 11.5 Å². The first-order chi connectivity index (χ1) is 12.4. The van der Waals surface area contributed by atoms with Gasteiger partial charge in [0.25, 0.3) is 11.6 Å². The number of non-ortho nitro benzene ring substituents is 1. The molecule has 0 aliphatic rings. The van der Waals surface area contributed by atoms with Crippen molar-refractivity contribution in [2.24, 2.45) is 0 Å². The number of nitrogens with one attached hydrogen (secondary N) is 1. The van der Waals surface area contributed by atoms with Crippen molar-refractivity contribution >= 4 is 17.3 Å². The van der Waals surface area contributed by atoms with Gasteiger partial charge in [0.15, 0.2) is 6.04 Å². The van der Waals surface area contributed by atoms with Gasteiger partial charge in [0, 0.05) is 28.3 Å². The van der Waals surface area contributed by atoms with Crippen LogP contribution in [0.5, 0.6) is 0 Å². The smallest absolute Gasteiger partial charge is 0.274 e. The van der Waals surface area contributed by atoms with E-state index in [9.17, 15) is 10.1 Å². The van der Waals surface area contributed by atoms with Crippen molar-refractivity contribution in [1.29, 1.82) is 0 Å². The number of hydrogen-bond donors (Lipinski definition) is 1. The van der Waals surface area contributed by atoms with Gasteiger partial charge in [-0.25, -0.2) is 0 Å². The van der Waals surface area contributed by atoms with Gasteiger partial charge in [-0.3, -0.25) is 10.1 Å². The molecule has 1 unspecified atom stereocenters. The van der Waals surface area contributed by atoms with Crippen LogP contribution in [0.1, 0.15) is 24.4 Å². The maximum atomic E-state index is 10.7. The molecule has 0 aliphatic carbocycles. The van der Waals surface area contributed by atoms with E-state index >= 15 is 0 Å². The molecule has 0 fully saturated rings. The number of quaternary nitrogens is 1. The van der Waals surface area contributed by atoms with Crippen LogP contribution in [0, 0.1) is 10.1 Å². The predicted molar refractivity (Wildman–Crippen MR) is 96.8 cm³/mol. The zero-order chi connectivity index (χ0) is 18.7. The monoisotopic (exact) mass is 373 g/mol. The second-order valence-electron chi connectivity index (χ2n) is 6.12. The van der Waals surface area contributed by atoms with Crippen LogP contribution in [-0.2, 0) is 6.54 Å². The van der Waals surface area contributed by atoms with Gasteiger partial charge in [-0.05, 0) is 31.2 Å². The minimum Gasteiger partial charge on any atom is -0.415 e. The molecule has 2 aromatic carbocycles. The fourth-order valence-electron chi connectivity index (χ4n) is 2.54. The normalized spacial score (nSPS) is 13.3. The maximum absolute atomic E-state index is 10.7. The Kier molecular flexibility index (Phi) is 5.29. The Labute approximate surface area is 155 Å². The molecule has 134 valence electrons. The van der Waals surface area contributed by atoms with Crippen molar-refractivity contribution in [3.63, 3.8) is 0 Å². The lowest BCUT2D eigenvalue weighted by atomic mass is 10.2. The number of nitro benzene ring substituents is 1. The van der Waals surface area contributed by atoms with Crippen molar-refractivity contribution in [1.82, 2.24) is 10.2 Å². The topological polar surface area (TPSA) is 86.5 Å². The van der Waals surface area contributed by atoms with E-state index in [1.807, 2.05) is 31.2 Å². The van der Waals surface area contributed by atoms with Crippen LogP contribution >= 0.6 is 11.6 Å². The lowest BCUT2D eigenvalue weighted by molar-refractivity contribution is -0.925. The van der Waals surface area contributed by atoms with Crippen molar-refractivity contribution < 1.29 is 14.2 Å². The van der Waals surface area contributed by atoms with E-state index in [-0.39, 0.29) is 11.7 Å². The molecule has 26 heavy (non-hydrogen) atoms. The Balaban J connectivity index is 1.71. The number of hydrogen-bond acceptors (Lipinski definition) is 5. The molecule has 1 N–H and O–H groups in total. The molecule has 1 heterocycles. The molecule has 0 radical (unpaired) electrons. The van der Waals surface area contributed by atoms with Crippen LogP contribution < -0.4 is 4.90 Å². The van der Waals surface area contributed by atoms with Gasteiger partial charge in [-0.2, -0.15) is 0 Å². The Morgan fingerprint density at radius 2 is 1.81 bits per heavy atom. The summed E-state index contributed by atoms with van der Waals surface area (Å²) < 4.78 is 5.78. The molecule has 0 bridgehead atoms. The summed E-state index contributed by atoms with van der Waals surface area (Å²) in [6, 6.07) is 13.8. The highest BCUT2D eigenvalue weighted by Gasteiger charge is 2.23. The highest BCUT2D eigenvalue weighted by molar-refractivity contribution is 6.30. The molecule has 0 aliphatic heterocycles. The van der Waals surface area contributed by atoms with E-state index in [1.165, 1.54) is 17.0 Å². The van der Waals surface area contributed by atoms with Crippen molar-refractivity contribution in [2.45, 2.75) is 19.5 Å². The van der Waals surface area contributed by atoms with Crippen LogP contribution in [0.2, 0.25) is 5.02 Å². The molecule has 2 atom stereocenters. The SMILES string of the molecule is C[C@H](c1nnc(-c2ccc([N+](=O)[O-])cc2)o1)[NH+](C)Cc1ccc(Cl)cc1. The zero-order valence-electron chi connectivity index (χ0n) is 14.3. The van der Waals surface area contributed by atoms with E-state index in [0.717, 1.165) is 12.1 Å². The molecule has 0 amide bonds. The molecule has 3 aromatic rings. The molecule has 3 rings (SSSR count). The Hall–Kier alpha value is -2.77. The number of nitro groups is 1. The predicted octanol–water partition coefficient (Wildman–Crippen LogP) is 3.07. The second kappa shape index (κ2) is 7.63. The summed E-state index contributed by atoms with van der Waals surface area (Å²) in [5, 5.41) is 19.6. The number of benzene rings is 2. The molecule has 1 aromatic heterocycles. The van der Waals surface area contributed by atoms with Crippen molar-refractivity contribution in [3.8, 4) is 11.5 Å². The quantitative estimate of drug-likeness (QED) is 0.530. The maximum Gasteiger partial charge on any atom is 0.274 e. The first-order valence-electron chi connectivity index (χ1n) is 8.09. The Morgan fingerprint density at radius 3 is 2.42 bits per heavy atom. The summed E-state index contributed by atoms with van der Waals surface area (Å²) in [7, 11) is 2.05. The van der Waals surface area contributed by atoms with Crippen molar-refractivity contribution in [3.05, 3.63) is 75.1 Å². The van der Waals surface area contributed by atoms with E-state index in [1.54, 1.807) is 12.1 Å². The highest BCUT2D eigenvalue weighted by atomic mass is 35.5. The fraction of sp³-hybridized carbons (Fsp3) is 0.222. The number of aromatic nitrogens is 2. The van der Waals surface area contributed by atoms with Crippen LogP contribution in [0.3, 0.4) is 0 Å². The highest BCUT2D eigenvalue weighted by Crippen LogP contribution is 2.22. The van der Waals surface area contributed by atoms with Gasteiger partial charge in [-0.15, -0.1) is 10.2 Å². The minimum atomic E-state index is -0.444. The van der Waals surface area contributed by atoms with E-state index < -0.39 is 4.92 Å². The summed E-state index contributed by atoms with van der Waals surface area (Å²) in [6.07, 6.45) is 0. The lowest BCUT2D eigenvalue weighted by Gasteiger charge is -2.18. The van der Waals surface area contributed by atoms with Gasteiger partial charge in [0.05, 0.1) is 12.0 Å². The molecule has 0 spiro atoms.